The summed E-state index contributed by atoms with van der Waals surface area (Å²) in [7, 11) is 1.70. The topological polar surface area (TPSA) is 30.5 Å². The van der Waals surface area contributed by atoms with Crippen LogP contribution in [-0.4, -0.2) is 19.8 Å². The zero-order chi connectivity index (χ0) is 14.5. The average Bonchev–Trinajstić information content (AvgIpc) is 2.47. The second-order valence-electron chi connectivity index (χ2n) is 5.67. The fraction of sp³-hybridized carbons (Fsp3) is 0.647. The first-order chi connectivity index (χ1) is 9.69. The predicted octanol–water partition coefficient (Wildman–Crippen LogP) is 3.93. The molecule has 3 nitrogen and oxygen atoms in total. The number of hydrogen-bond acceptors (Lipinski definition) is 3. The standard InChI is InChI=1S/C17H27NO2/c1-5-7-12(3)16-11-15(18-6-2)14-9-8-13(19-4)10-17(14)20-16/h8-10,12,15-16,18H,5-7,11H2,1-4H3. The molecular formula is C17H27NO2. The molecule has 1 aliphatic rings. The van der Waals surface area contributed by atoms with Crippen molar-refractivity contribution in [2.24, 2.45) is 5.92 Å². The molecule has 1 aromatic carbocycles. The molecule has 0 radical (unpaired) electrons. The summed E-state index contributed by atoms with van der Waals surface area (Å²) >= 11 is 0. The first-order valence-electron chi connectivity index (χ1n) is 7.77. The number of nitrogens with one attached hydrogen (secondary N) is 1. The molecule has 0 fully saturated rings. The molecule has 3 heteroatoms. The normalized spacial score (nSPS) is 22.8. The molecule has 1 N–H and O–H groups in total. The molecule has 1 aromatic rings. The molecule has 20 heavy (non-hydrogen) atoms. The number of ether oxygens (including phenoxy) is 2. The van der Waals surface area contributed by atoms with Crippen molar-refractivity contribution in [3.8, 4) is 11.5 Å². The summed E-state index contributed by atoms with van der Waals surface area (Å²) < 4.78 is 11.6. The molecule has 0 amide bonds. The highest BCUT2D eigenvalue weighted by molar-refractivity contribution is 5.44. The maximum absolute atomic E-state index is 6.25. The highest BCUT2D eigenvalue weighted by atomic mass is 16.5. The molecule has 1 heterocycles. The Labute approximate surface area is 122 Å². The van der Waals surface area contributed by atoms with E-state index in [-0.39, 0.29) is 0 Å². The molecule has 0 aliphatic carbocycles. The summed E-state index contributed by atoms with van der Waals surface area (Å²) in [6, 6.07) is 6.55. The zero-order valence-electron chi connectivity index (χ0n) is 13.1. The highest BCUT2D eigenvalue weighted by Gasteiger charge is 2.31. The van der Waals surface area contributed by atoms with Crippen molar-refractivity contribution in [1.29, 1.82) is 0 Å². The van der Waals surface area contributed by atoms with Gasteiger partial charge in [-0.25, -0.2) is 0 Å². The number of fused-ring (bicyclic) bond motifs is 1. The van der Waals surface area contributed by atoms with Crippen molar-refractivity contribution in [2.45, 2.75) is 52.2 Å². The van der Waals surface area contributed by atoms with Crippen molar-refractivity contribution in [3.63, 3.8) is 0 Å². The van der Waals surface area contributed by atoms with E-state index in [1.807, 2.05) is 12.1 Å². The molecule has 2 rings (SSSR count). The summed E-state index contributed by atoms with van der Waals surface area (Å²) in [5.74, 6) is 2.43. The fourth-order valence-corrected chi connectivity index (χ4v) is 3.03. The van der Waals surface area contributed by atoms with Crippen LogP contribution in [0.5, 0.6) is 11.5 Å². The van der Waals surface area contributed by atoms with Crippen LogP contribution in [0.15, 0.2) is 18.2 Å². The van der Waals surface area contributed by atoms with Crippen molar-refractivity contribution < 1.29 is 9.47 Å². The van der Waals surface area contributed by atoms with E-state index in [2.05, 4.69) is 32.2 Å². The van der Waals surface area contributed by atoms with Crippen LogP contribution in [0.4, 0.5) is 0 Å². The SMILES string of the molecule is CCCC(C)C1CC(NCC)c2ccc(OC)cc2O1. The van der Waals surface area contributed by atoms with Crippen LogP contribution >= 0.6 is 0 Å². The lowest BCUT2D eigenvalue weighted by atomic mass is 9.88. The van der Waals surface area contributed by atoms with Crippen LogP contribution < -0.4 is 14.8 Å². The quantitative estimate of drug-likeness (QED) is 0.854. The van der Waals surface area contributed by atoms with E-state index in [1.165, 1.54) is 18.4 Å². The molecule has 0 bridgehead atoms. The van der Waals surface area contributed by atoms with Gasteiger partial charge in [-0.3, -0.25) is 0 Å². The number of methoxy groups -OCH3 is 1. The Morgan fingerprint density at radius 2 is 2.20 bits per heavy atom. The lowest BCUT2D eigenvalue weighted by molar-refractivity contribution is 0.0954. The molecule has 0 saturated heterocycles. The largest absolute Gasteiger partial charge is 0.497 e. The van der Waals surface area contributed by atoms with Gasteiger partial charge in [-0.15, -0.1) is 0 Å². The minimum Gasteiger partial charge on any atom is -0.497 e. The summed E-state index contributed by atoms with van der Waals surface area (Å²) in [6.07, 6.45) is 3.76. The smallest absolute Gasteiger partial charge is 0.128 e. The van der Waals surface area contributed by atoms with Gasteiger partial charge in [0.2, 0.25) is 0 Å². The van der Waals surface area contributed by atoms with Gasteiger partial charge in [0, 0.05) is 24.1 Å². The van der Waals surface area contributed by atoms with Gasteiger partial charge in [-0.05, 0) is 24.9 Å². The number of benzene rings is 1. The number of rotatable bonds is 6. The van der Waals surface area contributed by atoms with Crippen molar-refractivity contribution in [2.75, 3.05) is 13.7 Å². The Balaban J connectivity index is 2.24. The first kappa shape index (κ1) is 15.2. The highest BCUT2D eigenvalue weighted by Crippen LogP contribution is 2.39. The van der Waals surface area contributed by atoms with E-state index >= 15 is 0 Å². The van der Waals surface area contributed by atoms with Gasteiger partial charge >= 0.3 is 0 Å². The van der Waals surface area contributed by atoms with E-state index in [1.54, 1.807) is 7.11 Å². The van der Waals surface area contributed by atoms with Crippen LogP contribution in [0.1, 0.15) is 51.6 Å². The third-order valence-corrected chi connectivity index (χ3v) is 4.17. The Morgan fingerprint density at radius 1 is 1.40 bits per heavy atom. The van der Waals surface area contributed by atoms with E-state index < -0.39 is 0 Å². The lowest BCUT2D eigenvalue weighted by Gasteiger charge is -2.35. The van der Waals surface area contributed by atoms with Gasteiger partial charge < -0.3 is 14.8 Å². The maximum Gasteiger partial charge on any atom is 0.128 e. The molecule has 112 valence electrons. The summed E-state index contributed by atoms with van der Waals surface area (Å²) in [5.41, 5.74) is 1.26. The Kier molecular flexibility index (Phi) is 5.30. The van der Waals surface area contributed by atoms with E-state index in [4.69, 9.17) is 9.47 Å². The second-order valence-corrected chi connectivity index (χ2v) is 5.67. The van der Waals surface area contributed by atoms with Gasteiger partial charge in [-0.2, -0.15) is 0 Å². The van der Waals surface area contributed by atoms with Gasteiger partial charge in [0.25, 0.3) is 0 Å². The second kappa shape index (κ2) is 6.98. The molecule has 0 saturated carbocycles. The zero-order valence-corrected chi connectivity index (χ0v) is 13.1. The molecule has 0 aromatic heterocycles. The van der Waals surface area contributed by atoms with Gasteiger partial charge in [0.1, 0.15) is 17.6 Å². The van der Waals surface area contributed by atoms with Gasteiger partial charge in [-0.1, -0.05) is 33.3 Å². The van der Waals surface area contributed by atoms with Crippen molar-refractivity contribution >= 4 is 0 Å². The van der Waals surface area contributed by atoms with Crippen molar-refractivity contribution in [1.82, 2.24) is 5.32 Å². The van der Waals surface area contributed by atoms with Crippen molar-refractivity contribution in [3.05, 3.63) is 23.8 Å². The monoisotopic (exact) mass is 277 g/mol. The summed E-state index contributed by atoms with van der Waals surface area (Å²) in [4.78, 5) is 0. The minimum absolute atomic E-state index is 0.290. The van der Waals surface area contributed by atoms with Crippen LogP contribution in [-0.2, 0) is 0 Å². The maximum atomic E-state index is 6.25. The fourth-order valence-electron chi connectivity index (χ4n) is 3.03. The molecule has 1 aliphatic heterocycles. The third kappa shape index (κ3) is 3.26. The molecular weight excluding hydrogens is 250 g/mol. The summed E-state index contributed by atoms with van der Waals surface area (Å²) in [5, 5.41) is 3.58. The molecule has 3 atom stereocenters. The third-order valence-electron chi connectivity index (χ3n) is 4.17. The van der Waals surface area contributed by atoms with E-state index in [0.29, 0.717) is 18.1 Å². The van der Waals surface area contributed by atoms with Crippen LogP contribution in [0.25, 0.3) is 0 Å². The Bertz CT molecular complexity index is 433. The van der Waals surface area contributed by atoms with E-state index in [0.717, 1.165) is 24.5 Å². The summed E-state index contributed by atoms with van der Waals surface area (Å²) in [6.45, 7) is 7.66. The number of hydrogen-bond donors (Lipinski definition) is 1. The average molecular weight is 277 g/mol. The molecule has 0 spiro atoms. The van der Waals surface area contributed by atoms with E-state index in [9.17, 15) is 0 Å². The lowest BCUT2D eigenvalue weighted by Crippen LogP contribution is -2.36. The first-order valence-corrected chi connectivity index (χ1v) is 7.77. The Morgan fingerprint density at radius 3 is 2.85 bits per heavy atom. The minimum atomic E-state index is 0.290. The Hall–Kier alpha value is -1.22. The van der Waals surface area contributed by atoms with Gasteiger partial charge in [0.15, 0.2) is 0 Å². The van der Waals surface area contributed by atoms with Crippen LogP contribution in [0.2, 0.25) is 0 Å². The van der Waals surface area contributed by atoms with Crippen LogP contribution in [0.3, 0.4) is 0 Å². The van der Waals surface area contributed by atoms with Gasteiger partial charge in [0.05, 0.1) is 7.11 Å². The van der Waals surface area contributed by atoms with Crippen LogP contribution in [0, 0.1) is 5.92 Å². The predicted molar refractivity (Wildman–Crippen MR) is 82.5 cm³/mol. The molecule has 3 unspecified atom stereocenters.